The Morgan fingerprint density at radius 2 is 1.75 bits per heavy atom. The summed E-state index contributed by atoms with van der Waals surface area (Å²) in [5.74, 6) is 0.571. The Kier molecular flexibility index (Phi) is 4.90. The molecule has 0 amide bonds. The van der Waals surface area contributed by atoms with E-state index in [1.165, 1.54) is 7.11 Å². The van der Waals surface area contributed by atoms with Crippen molar-refractivity contribution in [3.8, 4) is 11.5 Å². The molecule has 2 aromatic carbocycles. The summed E-state index contributed by atoms with van der Waals surface area (Å²) in [6, 6.07) is 12.7. The van der Waals surface area contributed by atoms with Gasteiger partial charge in [-0.05, 0) is 50.3 Å². The number of ether oxygens (including phenoxy) is 2. The number of methoxy groups -OCH3 is 1. The Balaban J connectivity index is 1.80. The fourth-order valence-corrected chi connectivity index (χ4v) is 3.81. The molecule has 1 aliphatic rings. The van der Waals surface area contributed by atoms with Crippen LogP contribution in [-0.4, -0.2) is 19.0 Å². The van der Waals surface area contributed by atoms with E-state index in [-0.39, 0.29) is 11.4 Å². The van der Waals surface area contributed by atoms with E-state index in [1.54, 1.807) is 25.1 Å². The van der Waals surface area contributed by atoms with Gasteiger partial charge in [0.25, 0.3) is 0 Å². The molecule has 1 aliphatic carbocycles. The van der Waals surface area contributed by atoms with Crippen LogP contribution in [0.1, 0.15) is 41.3 Å². The molecule has 5 nitrogen and oxygen atoms in total. The predicted octanol–water partition coefficient (Wildman–Crippen LogP) is 4.33. The van der Waals surface area contributed by atoms with Gasteiger partial charge in [0.2, 0.25) is 11.5 Å². The van der Waals surface area contributed by atoms with Crippen molar-refractivity contribution >= 4 is 16.8 Å². The van der Waals surface area contributed by atoms with Gasteiger partial charge in [-0.25, -0.2) is 4.79 Å². The fourth-order valence-electron chi connectivity index (χ4n) is 3.81. The molecule has 0 saturated heterocycles. The average molecular weight is 378 g/mol. The topological polar surface area (TPSA) is 65.7 Å². The lowest BCUT2D eigenvalue weighted by Crippen LogP contribution is -2.24. The van der Waals surface area contributed by atoms with E-state index in [9.17, 15) is 9.59 Å². The molecule has 3 aromatic rings. The van der Waals surface area contributed by atoms with Gasteiger partial charge in [-0.2, -0.15) is 0 Å². The van der Waals surface area contributed by atoms with Crippen LogP contribution in [0.25, 0.3) is 11.0 Å². The molecule has 0 spiro atoms. The molecule has 1 atom stereocenters. The number of ketones is 1. The molecule has 1 unspecified atom stereocenters. The Hall–Kier alpha value is -3.08. The molecule has 0 N–H and O–H groups in total. The predicted molar refractivity (Wildman–Crippen MR) is 107 cm³/mol. The lowest BCUT2D eigenvalue weighted by molar-refractivity contribution is 0.0814. The third-order valence-electron chi connectivity index (χ3n) is 5.25. The lowest BCUT2D eigenvalue weighted by Gasteiger charge is -2.20. The first-order valence-corrected chi connectivity index (χ1v) is 9.51. The third kappa shape index (κ3) is 3.17. The highest BCUT2D eigenvalue weighted by Crippen LogP contribution is 2.39. The van der Waals surface area contributed by atoms with Crippen LogP contribution in [0, 0.1) is 0 Å². The Labute approximate surface area is 162 Å². The van der Waals surface area contributed by atoms with Gasteiger partial charge in [-0.1, -0.05) is 30.3 Å². The van der Waals surface area contributed by atoms with Crippen molar-refractivity contribution < 1.29 is 18.7 Å². The summed E-state index contributed by atoms with van der Waals surface area (Å²) >= 11 is 0. The standard InChI is InChI=1S/C23H22O5/c1-14(20(24)15-8-4-3-5-9-15)27-22-19(26-2)13-12-17-16-10-6-7-11-18(16)23(25)28-21(17)22/h3-5,8-9,12-14H,6-7,10-11H2,1-2H3. The maximum absolute atomic E-state index is 12.7. The first-order chi connectivity index (χ1) is 13.6. The second kappa shape index (κ2) is 7.50. The molecule has 0 aliphatic heterocycles. The van der Waals surface area contributed by atoms with Crippen LogP contribution < -0.4 is 15.1 Å². The number of fused-ring (bicyclic) bond motifs is 3. The fraction of sp³-hybridized carbons (Fsp3) is 0.304. The Morgan fingerprint density at radius 3 is 2.46 bits per heavy atom. The van der Waals surface area contributed by atoms with E-state index in [4.69, 9.17) is 13.9 Å². The highest BCUT2D eigenvalue weighted by molar-refractivity contribution is 5.99. The van der Waals surface area contributed by atoms with Crippen LogP contribution in [0.3, 0.4) is 0 Å². The number of Topliss-reactive ketones (excluding diaryl/α,β-unsaturated/α-hetero) is 1. The number of benzene rings is 2. The quantitative estimate of drug-likeness (QED) is 0.488. The zero-order valence-electron chi connectivity index (χ0n) is 16.0. The van der Waals surface area contributed by atoms with E-state index in [1.807, 2.05) is 24.3 Å². The molecular weight excluding hydrogens is 356 g/mol. The van der Waals surface area contributed by atoms with Gasteiger partial charge < -0.3 is 13.9 Å². The van der Waals surface area contributed by atoms with Crippen molar-refractivity contribution in [3.05, 3.63) is 69.6 Å². The minimum Gasteiger partial charge on any atom is -0.493 e. The van der Waals surface area contributed by atoms with Crippen molar-refractivity contribution in [2.75, 3.05) is 7.11 Å². The summed E-state index contributed by atoms with van der Waals surface area (Å²) < 4.78 is 17.1. The summed E-state index contributed by atoms with van der Waals surface area (Å²) in [5.41, 5.74) is 2.35. The normalized spacial score (nSPS) is 14.4. The molecule has 0 bridgehead atoms. The van der Waals surface area contributed by atoms with E-state index in [0.29, 0.717) is 22.6 Å². The molecule has 0 saturated carbocycles. The van der Waals surface area contributed by atoms with Crippen LogP contribution in [0.5, 0.6) is 11.5 Å². The highest BCUT2D eigenvalue weighted by atomic mass is 16.5. The van der Waals surface area contributed by atoms with Gasteiger partial charge in [-0.3, -0.25) is 4.79 Å². The molecule has 28 heavy (non-hydrogen) atoms. The monoisotopic (exact) mass is 378 g/mol. The summed E-state index contributed by atoms with van der Waals surface area (Å²) in [7, 11) is 1.52. The lowest BCUT2D eigenvalue weighted by atomic mass is 9.90. The zero-order chi connectivity index (χ0) is 19.7. The highest BCUT2D eigenvalue weighted by Gasteiger charge is 2.25. The summed E-state index contributed by atoms with van der Waals surface area (Å²) in [4.78, 5) is 25.3. The van der Waals surface area contributed by atoms with Crippen molar-refractivity contribution in [1.29, 1.82) is 0 Å². The number of hydrogen-bond donors (Lipinski definition) is 0. The van der Waals surface area contributed by atoms with Crippen molar-refractivity contribution in [2.45, 2.75) is 38.7 Å². The first kappa shape index (κ1) is 18.3. The smallest absolute Gasteiger partial charge is 0.339 e. The van der Waals surface area contributed by atoms with E-state index in [0.717, 1.165) is 42.2 Å². The number of hydrogen-bond acceptors (Lipinski definition) is 5. The van der Waals surface area contributed by atoms with E-state index < -0.39 is 6.10 Å². The van der Waals surface area contributed by atoms with Gasteiger partial charge in [0, 0.05) is 16.5 Å². The molecule has 0 radical (unpaired) electrons. The van der Waals surface area contributed by atoms with E-state index in [2.05, 4.69) is 0 Å². The average Bonchev–Trinajstić information content (AvgIpc) is 2.74. The zero-order valence-corrected chi connectivity index (χ0v) is 16.0. The minimum atomic E-state index is -0.761. The van der Waals surface area contributed by atoms with Crippen molar-refractivity contribution in [3.63, 3.8) is 0 Å². The summed E-state index contributed by atoms with van der Waals surface area (Å²) in [6.07, 6.45) is 2.84. The van der Waals surface area contributed by atoms with Gasteiger partial charge in [0.1, 0.15) is 0 Å². The molecule has 1 aromatic heterocycles. The van der Waals surface area contributed by atoms with Gasteiger partial charge in [0.05, 0.1) is 7.11 Å². The Morgan fingerprint density at radius 1 is 1.04 bits per heavy atom. The largest absolute Gasteiger partial charge is 0.493 e. The molecule has 5 heteroatoms. The molecule has 144 valence electrons. The van der Waals surface area contributed by atoms with Crippen LogP contribution in [0.4, 0.5) is 0 Å². The number of carbonyl (C=O) groups is 1. The molecule has 0 fully saturated rings. The van der Waals surface area contributed by atoms with Crippen LogP contribution >= 0.6 is 0 Å². The van der Waals surface area contributed by atoms with Crippen LogP contribution in [-0.2, 0) is 12.8 Å². The molecular formula is C23H22O5. The first-order valence-electron chi connectivity index (χ1n) is 9.51. The number of carbonyl (C=O) groups excluding carboxylic acids is 1. The molecule has 4 rings (SSSR count). The maximum atomic E-state index is 12.7. The molecule has 1 heterocycles. The maximum Gasteiger partial charge on any atom is 0.339 e. The van der Waals surface area contributed by atoms with Gasteiger partial charge in [0.15, 0.2) is 17.4 Å². The van der Waals surface area contributed by atoms with Crippen molar-refractivity contribution in [1.82, 2.24) is 0 Å². The van der Waals surface area contributed by atoms with Crippen molar-refractivity contribution in [2.24, 2.45) is 0 Å². The SMILES string of the molecule is COc1ccc2c3c(c(=O)oc2c1OC(C)C(=O)c1ccccc1)CCCC3. The second-order valence-corrected chi connectivity index (χ2v) is 7.02. The second-order valence-electron chi connectivity index (χ2n) is 7.02. The number of aryl methyl sites for hydroxylation is 1. The van der Waals surface area contributed by atoms with Gasteiger partial charge >= 0.3 is 5.63 Å². The van der Waals surface area contributed by atoms with Gasteiger partial charge in [-0.15, -0.1) is 0 Å². The Bertz CT molecular complexity index is 1080. The van der Waals surface area contributed by atoms with E-state index >= 15 is 0 Å². The van der Waals surface area contributed by atoms with Crippen LogP contribution in [0.15, 0.2) is 51.7 Å². The minimum absolute atomic E-state index is 0.153. The number of rotatable bonds is 5. The summed E-state index contributed by atoms with van der Waals surface area (Å²) in [6.45, 7) is 1.68. The summed E-state index contributed by atoms with van der Waals surface area (Å²) in [5, 5.41) is 0.851. The third-order valence-corrected chi connectivity index (χ3v) is 5.25. The van der Waals surface area contributed by atoms with Crippen LogP contribution in [0.2, 0.25) is 0 Å².